The third-order valence-electron chi connectivity index (χ3n) is 5.82. The fourth-order valence-electron chi connectivity index (χ4n) is 4.14. The highest BCUT2D eigenvalue weighted by Crippen LogP contribution is 2.39. The molecule has 0 radical (unpaired) electrons. The Kier molecular flexibility index (Phi) is 4.68. The molecule has 0 bridgehead atoms. The van der Waals surface area contributed by atoms with Crippen molar-refractivity contribution in [1.82, 2.24) is 25.2 Å². The minimum absolute atomic E-state index is 0.0431. The summed E-state index contributed by atoms with van der Waals surface area (Å²) in [5.41, 5.74) is 2.75. The largest absolute Gasteiger partial charge is 0.355 e. The van der Waals surface area contributed by atoms with E-state index in [0.29, 0.717) is 18.2 Å². The molecule has 1 aliphatic carbocycles. The summed E-state index contributed by atoms with van der Waals surface area (Å²) in [6.45, 7) is 5.46. The molecular formula is C21H26N6O. The Morgan fingerprint density at radius 2 is 2.04 bits per heavy atom. The number of rotatable bonds is 4. The lowest BCUT2D eigenvalue weighted by molar-refractivity contribution is 0.0940. The van der Waals surface area contributed by atoms with E-state index < -0.39 is 0 Å². The van der Waals surface area contributed by atoms with Crippen molar-refractivity contribution in [2.45, 2.75) is 38.1 Å². The Balaban J connectivity index is 1.38. The van der Waals surface area contributed by atoms with Crippen LogP contribution in [0.25, 0.3) is 0 Å². The predicted octanol–water partition coefficient (Wildman–Crippen LogP) is 1.75. The summed E-state index contributed by atoms with van der Waals surface area (Å²) in [5.74, 6) is 2.26. The van der Waals surface area contributed by atoms with Crippen molar-refractivity contribution < 1.29 is 4.79 Å². The third-order valence-corrected chi connectivity index (χ3v) is 5.82. The number of carbonyl (C=O) groups excluding carboxylic acids is 1. The van der Waals surface area contributed by atoms with Crippen LogP contribution in [0.15, 0.2) is 24.4 Å². The highest BCUT2D eigenvalue weighted by atomic mass is 16.1. The fourth-order valence-corrected chi connectivity index (χ4v) is 4.14. The van der Waals surface area contributed by atoms with Crippen molar-refractivity contribution in [2.24, 2.45) is 0 Å². The Labute approximate surface area is 165 Å². The summed E-state index contributed by atoms with van der Waals surface area (Å²) in [4.78, 5) is 31.3. The monoisotopic (exact) mass is 378 g/mol. The topological polar surface area (TPSA) is 74.2 Å². The van der Waals surface area contributed by atoms with Gasteiger partial charge in [-0.1, -0.05) is 6.07 Å². The lowest BCUT2D eigenvalue weighted by Gasteiger charge is -2.28. The first kappa shape index (κ1) is 17.6. The zero-order valence-electron chi connectivity index (χ0n) is 16.1. The van der Waals surface area contributed by atoms with Gasteiger partial charge in [-0.15, -0.1) is 0 Å². The van der Waals surface area contributed by atoms with E-state index in [0.717, 1.165) is 81.3 Å². The van der Waals surface area contributed by atoms with Gasteiger partial charge in [0.15, 0.2) is 0 Å². The molecule has 0 atom stereocenters. The van der Waals surface area contributed by atoms with Crippen molar-refractivity contribution in [3.8, 4) is 0 Å². The van der Waals surface area contributed by atoms with Crippen LogP contribution in [0.3, 0.4) is 0 Å². The summed E-state index contributed by atoms with van der Waals surface area (Å²) < 4.78 is 0. The van der Waals surface area contributed by atoms with Crippen LogP contribution in [0.4, 0.5) is 5.82 Å². The number of hydrogen-bond acceptors (Lipinski definition) is 6. The predicted molar refractivity (Wildman–Crippen MR) is 106 cm³/mol. The quantitative estimate of drug-likeness (QED) is 0.874. The number of hydrogen-bond donors (Lipinski definition) is 1. The van der Waals surface area contributed by atoms with Crippen LogP contribution in [0.1, 0.15) is 52.8 Å². The van der Waals surface area contributed by atoms with Crippen LogP contribution in [-0.2, 0) is 13.0 Å². The maximum absolute atomic E-state index is 12.4. The summed E-state index contributed by atoms with van der Waals surface area (Å²) in [6.07, 6.45) is 6.03. The lowest BCUT2D eigenvalue weighted by atomic mass is 10.1. The molecule has 2 fully saturated rings. The first-order valence-electron chi connectivity index (χ1n) is 10.3. The van der Waals surface area contributed by atoms with Crippen molar-refractivity contribution in [1.29, 1.82) is 0 Å². The molecule has 2 aromatic rings. The second kappa shape index (κ2) is 7.47. The Morgan fingerprint density at radius 1 is 1.11 bits per heavy atom. The molecule has 1 saturated carbocycles. The van der Waals surface area contributed by atoms with Crippen LogP contribution in [0.2, 0.25) is 0 Å². The molecular weight excluding hydrogens is 352 g/mol. The minimum Gasteiger partial charge on any atom is -0.355 e. The Morgan fingerprint density at radius 3 is 2.86 bits per heavy atom. The third kappa shape index (κ3) is 3.58. The maximum atomic E-state index is 12.4. The Hall–Kier alpha value is -2.54. The average molecular weight is 378 g/mol. The number of fused-ring (bicyclic) bond motifs is 1. The molecule has 2 aliphatic heterocycles. The molecule has 1 saturated heterocycles. The second-order valence-electron chi connectivity index (χ2n) is 7.95. The van der Waals surface area contributed by atoms with E-state index in [1.165, 1.54) is 0 Å². The van der Waals surface area contributed by atoms with Gasteiger partial charge in [0.1, 0.15) is 17.3 Å². The molecule has 3 aliphatic rings. The first-order chi connectivity index (χ1) is 13.8. The normalized spacial score (nSPS) is 20.4. The maximum Gasteiger partial charge on any atom is 0.270 e. The van der Waals surface area contributed by atoms with Gasteiger partial charge < -0.3 is 10.2 Å². The zero-order valence-corrected chi connectivity index (χ0v) is 16.1. The van der Waals surface area contributed by atoms with E-state index in [-0.39, 0.29) is 5.91 Å². The smallest absolute Gasteiger partial charge is 0.270 e. The lowest BCUT2D eigenvalue weighted by Crippen LogP contribution is -2.37. The Bertz CT molecular complexity index is 867. The van der Waals surface area contributed by atoms with Gasteiger partial charge in [-0.05, 0) is 37.8 Å². The molecule has 7 heteroatoms. The number of aromatic nitrogens is 3. The molecule has 7 nitrogen and oxygen atoms in total. The zero-order chi connectivity index (χ0) is 18.9. The van der Waals surface area contributed by atoms with E-state index >= 15 is 0 Å². The molecule has 1 amide bonds. The van der Waals surface area contributed by atoms with E-state index in [2.05, 4.69) is 31.2 Å². The van der Waals surface area contributed by atoms with Crippen LogP contribution in [0.5, 0.6) is 0 Å². The van der Waals surface area contributed by atoms with Crippen LogP contribution < -0.4 is 10.2 Å². The fraction of sp³-hybridized carbons (Fsp3) is 0.524. The number of anilines is 1. The number of nitrogens with one attached hydrogen (secondary N) is 1. The van der Waals surface area contributed by atoms with Gasteiger partial charge >= 0.3 is 0 Å². The molecule has 0 aromatic carbocycles. The van der Waals surface area contributed by atoms with Crippen molar-refractivity contribution in [3.63, 3.8) is 0 Å². The van der Waals surface area contributed by atoms with Gasteiger partial charge in [-0.25, -0.2) is 9.97 Å². The van der Waals surface area contributed by atoms with Gasteiger partial charge in [-0.2, -0.15) is 0 Å². The van der Waals surface area contributed by atoms with Crippen molar-refractivity contribution >= 4 is 11.7 Å². The van der Waals surface area contributed by atoms with Crippen molar-refractivity contribution in [2.75, 3.05) is 37.6 Å². The van der Waals surface area contributed by atoms with E-state index in [1.54, 1.807) is 0 Å². The molecule has 0 spiro atoms. The SMILES string of the molecule is O=C1NCCc2c1nc(C1CC1)nc2N1CCCN(Cc2ccccn2)CC1. The van der Waals surface area contributed by atoms with Crippen molar-refractivity contribution in [3.05, 3.63) is 47.2 Å². The van der Waals surface area contributed by atoms with Crippen LogP contribution >= 0.6 is 0 Å². The van der Waals surface area contributed by atoms with Gasteiger partial charge in [0.25, 0.3) is 5.91 Å². The molecule has 146 valence electrons. The molecule has 28 heavy (non-hydrogen) atoms. The summed E-state index contributed by atoms with van der Waals surface area (Å²) in [6, 6.07) is 6.09. The number of amides is 1. The summed E-state index contributed by atoms with van der Waals surface area (Å²) in [5, 5.41) is 2.94. The van der Waals surface area contributed by atoms with E-state index in [9.17, 15) is 4.79 Å². The molecule has 5 rings (SSSR count). The summed E-state index contributed by atoms with van der Waals surface area (Å²) >= 11 is 0. The summed E-state index contributed by atoms with van der Waals surface area (Å²) in [7, 11) is 0. The van der Waals surface area contributed by atoms with E-state index in [4.69, 9.17) is 4.98 Å². The van der Waals surface area contributed by atoms with Gasteiger partial charge in [0, 0.05) is 56.9 Å². The number of pyridine rings is 1. The van der Waals surface area contributed by atoms with E-state index in [1.807, 2.05) is 18.3 Å². The van der Waals surface area contributed by atoms with Gasteiger partial charge in [-0.3, -0.25) is 14.7 Å². The van der Waals surface area contributed by atoms with Gasteiger partial charge in [0.2, 0.25) is 0 Å². The second-order valence-corrected chi connectivity index (χ2v) is 7.95. The van der Waals surface area contributed by atoms with Crippen LogP contribution in [0, 0.1) is 0 Å². The standard InChI is InChI=1S/C21H26N6O/c28-21-18-17(7-9-23-21)20(25-19(24-18)15-5-6-15)27-11-3-10-26(12-13-27)14-16-4-1-2-8-22-16/h1-2,4,8,15H,3,5-7,9-14H2,(H,23,28). The average Bonchev–Trinajstić information content (AvgIpc) is 3.57. The number of carbonyl (C=O) groups is 1. The number of nitrogens with zero attached hydrogens (tertiary/aromatic N) is 5. The molecule has 4 heterocycles. The van der Waals surface area contributed by atoms with Crippen LogP contribution in [-0.4, -0.2) is 58.5 Å². The molecule has 2 aromatic heterocycles. The molecule has 1 N–H and O–H groups in total. The highest BCUT2D eigenvalue weighted by molar-refractivity contribution is 5.96. The van der Waals surface area contributed by atoms with Gasteiger partial charge in [0.05, 0.1) is 5.69 Å². The highest BCUT2D eigenvalue weighted by Gasteiger charge is 2.32. The minimum atomic E-state index is -0.0431. The molecule has 0 unspecified atom stereocenters. The first-order valence-corrected chi connectivity index (χ1v) is 10.3.